The minimum absolute atomic E-state index is 0. The number of aromatic nitrogens is 2. The summed E-state index contributed by atoms with van der Waals surface area (Å²) in [5.74, 6) is -0.308. The van der Waals surface area contributed by atoms with Crippen molar-refractivity contribution in [1.29, 1.82) is 0 Å². The first-order valence-electron chi connectivity index (χ1n) is 8.41. The molecule has 5 N–H and O–H groups in total. The average molecular weight is 490 g/mol. The number of H-pyrrole nitrogens is 1. The van der Waals surface area contributed by atoms with Crippen LogP contribution in [0.3, 0.4) is 0 Å². The van der Waals surface area contributed by atoms with Crippen molar-refractivity contribution in [1.82, 2.24) is 10.2 Å². The molecule has 0 fully saturated rings. The minimum atomic E-state index is -4.18. The number of alkyl halides is 1. The minimum Gasteiger partial charge on any atom is -0.382 e. The first-order valence-corrected chi connectivity index (χ1v) is 10.8. The van der Waals surface area contributed by atoms with Crippen LogP contribution in [0.5, 0.6) is 0 Å². The maximum absolute atomic E-state index is 14.9. The van der Waals surface area contributed by atoms with Crippen molar-refractivity contribution in [2.24, 2.45) is 5.14 Å². The third-order valence-electron chi connectivity index (χ3n) is 5.04. The number of fused-ring (bicyclic) bond motifs is 1. The molecule has 1 heterocycles. The number of halogens is 4. The molecule has 1 aromatic heterocycles. The molecule has 158 valence electrons. The summed E-state index contributed by atoms with van der Waals surface area (Å²) < 4.78 is 38.2. The lowest BCUT2D eigenvalue weighted by Crippen LogP contribution is -2.47. The second kappa shape index (κ2) is 7.86. The van der Waals surface area contributed by atoms with Gasteiger partial charge in [-0.15, -0.1) is 24.0 Å². The summed E-state index contributed by atoms with van der Waals surface area (Å²) >= 11 is 12.5. The van der Waals surface area contributed by atoms with Crippen molar-refractivity contribution in [3.63, 3.8) is 0 Å². The quantitative estimate of drug-likeness (QED) is 0.479. The van der Waals surface area contributed by atoms with E-state index in [2.05, 4.69) is 10.2 Å². The van der Waals surface area contributed by atoms with Crippen LogP contribution in [0.2, 0.25) is 0 Å². The monoisotopic (exact) mass is 488 g/mol. The molecule has 0 aliphatic heterocycles. The molecule has 0 saturated heterocycles. The molecule has 4 rings (SSSR count). The molecule has 30 heavy (non-hydrogen) atoms. The standard InChI is InChI=1S/C19H15Cl2FN4O2S.ClH/c20-14-2-1-9-19(17(14)21,29(24,27)28)11-5-3-10(4-6-11)12-7-8-13-16(15(12)22)25-26-18(13)23;/h1-9,17H,(H3,23,25,26)(H2,24,27,28);1H. The fraction of sp³-hybridized carbons (Fsp3) is 0.105. The van der Waals surface area contributed by atoms with Gasteiger partial charge >= 0.3 is 0 Å². The molecule has 1 aliphatic rings. The Bertz CT molecular complexity index is 1290. The molecule has 2 aromatic carbocycles. The van der Waals surface area contributed by atoms with Crippen LogP contribution in [0.4, 0.5) is 10.2 Å². The van der Waals surface area contributed by atoms with E-state index < -0.39 is 26.0 Å². The zero-order chi connectivity index (χ0) is 21.0. The summed E-state index contributed by atoms with van der Waals surface area (Å²) in [4.78, 5) is 0. The molecule has 0 saturated carbocycles. The number of allylic oxidation sites excluding steroid dienone is 3. The lowest BCUT2D eigenvalue weighted by Gasteiger charge is -2.35. The molecule has 6 nitrogen and oxygen atoms in total. The molecule has 2 unspecified atom stereocenters. The topological polar surface area (TPSA) is 115 Å². The zero-order valence-electron chi connectivity index (χ0n) is 15.1. The lowest BCUT2D eigenvalue weighted by molar-refractivity contribution is 0.560. The molecule has 0 spiro atoms. The number of nitrogens with two attached hydrogens (primary N) is 2. The highest BCUT2D eigenvalue weighted by Gasteiger charge is 2.49. The number of sulfonamides is 1. The Hall–Kier alpha value is -2.10. The van der Waals surface area contributed by atoms with E-state index in [0.717, 1.165) is 0 Å². The van der Waals surface area contributed by atoms with Crippen LogP contribution in [0.1, 0.15) is 5.56 Å². The summed E-state index contributed by atoms with van der Waals surface area (Å²) in [7, 11) is -4.18. The Labute approximate surface area is 188 Å². The van der Waals surface area contributed by atoms with Gasteiger partial charge in [0.05, 0.1) is 5.38 Å². The highest BCUT2D eigenvalue weighted by Crippen LogP contribution is 2.44. The number of benzene rings is 2. The number of rotatable bonds is 3. The Kier molecular flexibility index (Phi) is 5.92. The summed E-state index contributed by atoms with van der Waals surface area (Å²) in [6.45, 7) is 0. The van der Waals surface area contributed by atoms with Gasteiger partial charge in [0.2, 0.25) is 10.0 Å². The molecule has 11 heteroatoms. The smallest absolute Gasteiger partial charge is 0.224 e. The second-order valence-corrected chi connectivity index (χ2v) is 9.29. The van der Waals surface area contributed by atoms with Crippen LogP contribution in [0.25, 0.3) is 22.0 Å². The molecular formula is C19H16Cl3FN4O2S. The van der Waals surface area contributed by atoms with Crippen molar-refractivity contribution < 1.29 is 12.8 Å². The SMILES string of the molecule is Cl.Nc1n[nH]c2c(F)c(-c3ccc(C4(S(N)(=O)=O)C=CC=C(Cl)C4Cl)cc3)ccc12. The van der Waals surface area contributed by atoms with Crippen molar-refractivity contribution in [3.05, 3.63) is 71.0 Å². The maximum Gasteiger partial charge on any atom is 0.224 e. The Morgan fingerprint density at radius 1 is 1.17 bits per heavy atom. The van der Waals surface area contributed by atoms with Gasteiger partial charge in [0.15, 0.2) is 16.4 Å². The predicted octanol–water partition coefficient (Wildman–Crippen LogP) is 4.16. The van der Waals surface area contributed by atoms with Crippen LogP contribution < -0.4 is 10.9 Å². The maximum atomic E-state index is 14.9. The molecule has 2 atom stereocenters. The number of nitrogen functional groups attached to an aromatic ring is 1. The van der Waals surface area contributed by atoms with Gasteiger partial charge in [-0.3, -0.25) is 5.10 Å². The van der Waals surface area contributed by atoms with Crippen molar-refractivity contribution in [2.75, 3.05) is 5.73 Å². The number of nitrogens with one attached hydrogen (secondary N) is 1. The number of anilines is 1. The lowest BCUT2D eigenvalue weighted by atomic mass is 9.89. The van der Waals surface area contributed by atoms with E-state index in [9.17, 15) is 12.8 Å². The number of primary sulfonamides is 1. The third kappa shape index (κ3) is 3.29. The van der Waals surface area contributed by atoms with E-state index in [0.29, 0.717) is 22.1 Å². The molecule has 0 bridgehead atoms. The first-order chi connectivity index (χ1) is 13.7. The van der Waals surface area contributed by atoms with Crippen LogP contribution in [-0.2, 0) is 14.8 Å². The Balaban J connectivity index is 0.00000256. The first kappa shape index (κ1) is 22.6. The number of hydrogen-bond acceptors (Lipinski definition) is 4. The fourth-order valence-electron chi connectivity index (χ4n) is 3.51. The zero-order valence-corrected chi connectivity index (χ0v) is 18.3. The summed E-state index contributed by atoms with van der Waals surface area (Å²) in [6.07, 6.45) is 4.41. The number of nitrogens with zero attached hydrogens (tertiary/aromatic N) is 1. The van der Waals surface area contributed by atoms with Crippen molar-refractivity contribution in [3.8, 4) is 11.1 Å². The van der Waals surface area contributed by atoms with Crippen molar-refractivity contribution >= 4 is 62.4 Å². The van der Waals surface area contributed by atoms with Gasteiger partial charge in [-0.2, -0.15) is 5.10 Å². The van der Waals surface area contributed by atoms with E-state index in [1.54, 1.807) is 36.4 Å². The van der Waals surface area contributed by atoms with Gasteiger partial charge < -0.3 is 5.73 Å². The number of aromatic amines is 1. The van der Waals surface area contributed by atoms with Crippen LogP contribution in [0.15, 0.2) is 59.7 Å². The van der Waals surface area contributed by atoms with Gasteiger partial charge in [0, 0.05) is 16.0 Å². The molecule has 1 aliphatic carbocycles. The average Bonchev–Trinajstić information content (AvgIpc) is 3.06. The predicted molar refractivity (Wildman–Crippen MR) is 121 cm³/mol. The van der Waals surface area contributed by atoms with Gasteiger partial charge in [0.25, 0.3) is 0 Å². The highest BCUT2D eigenvalue weighted by molar-refractivity contribution is 7.90. The van der Waals surface area contributed by atoms with Crippen LogP contribution >= 0.6 is 35.6 Å². The highest BCUT2D eigenvalue weighted by atomic mass is 35.5. The third-order valence-corrected chi connectivity index (χ3v) is 7.76. The van der Waals surface area contributed by atoms with E-state index in [4.69, 9.17) is 34.1 Å². The fourth-order valence-corrected chi connectivity index (χ4v) is 5.61. The van der Waals surface area contributed by atoms with E-state index in [-0.39, 0.29) is 28.8 Å². The van der Waals surface area contributed by atoms with E-state index in [1.165, 1.54) is 18.2 Å². The molecule has 0 radical (unpaired) electrons. The Morgan fingerprint density at radius 2 is 1.83 bits per heavy atom. The van der Waals surface area contributed by atoms with Gasteiger partial charge in [-0.05, 0) is 23.3 Å². The van der Waals surface area contributed by atoms with Gasteiger partial charge in [-0.1, -0.05) is 54.1 Å². The molecule has 3 aromatic rings. The molecular weight excluding hydrogens is 474 g/mol. The molecule has 0 amide bonds. The van der Waals surface area contributed by atoms with Crippen LogP contribution in [-0.4, -0.2) is 24.0 Å². The summed E-state index contributed by atoms with van der Waals surface area (Å²) in [5.41, 5.74) is 7.04. The number of hydrogen-bond donors (Lipinski definition) is 3. The van der Waals surface area contributed by atoms with Gasteiger partial charge in [-0.25, -0.2) is 17.9 Å². The van der Waals surface area contributed by atoms with E-state index >= 15 is 0 Å². The Morgan fingerprint density at radius 3 is 2.47 bits per heavy atom. The van der Waals surface area contributed by atoms with Gasteiger partial charge in [0.1, 0.15) is 5.52 Å². The normalized spacial score (nSPS) is 21.3. The second-order valence-electron chi connectivity index (χ2n) is 6.65. The summed E-state index contributed by atoms with van der Waals surface area (Å²) in [6, 6.07) is 9.51. The van der Waals surface area contributed by atoms with E-state index in [1.807, 2.05) is 0 Å². The van der Waals surface area contributed by atoms with Crippen molar-refractivity contribution in [2.45, 2.75) is 10.1 Å². The summed E-state index contributed by atoms with van der Waals surface area (Å²) in [5, 5.41) is 11.5. The largest absolute Gasteiger partial charge is 0.382 e. The van der Waals surface area contributed by atoms with Crippen LogP contribution in [0, 0.1) is 5.82 Å².